The van der Waals surface area contributed by atoms with Gasteiger partial charge in [0.1, 0.15) is 13.2 Å². The van der Waals surface area contributed by atoms with Crippen molar-refractivity contribution in [2.24, 2.45) is 0 Å². The monoisotopic (exact) mass is 780 g/mol. The van der Waals surface area contributed by atoms with Gasteiger partial charge in [0, 0.05) is 6.42 Å². The first-order chi connectivity index (χ1) is 26.0. The van der Waals surface area contributed by atoms with Crippen LogP contribution in [-0.4, -0.2) is 73.4 Å². The number of unbranched alkanes of at least 4 members (excludes halogenated alkanes) is 18. The summed E-state index contributed by atoms with van der Waals surface area (Å²) in [5.74, 6) is -0.205. The molecule has 0 spiro atoms. The van der Waals surface area contributed by atoms with Crippen LogP contribution in [-0.2, 0) is 18.4 Å². The predicted molar refractivity (Wildman–Crippen MR) is 230 cm³/mol. The molecule has 0 aliphatic heterocycles. The highest BCUT2D eigenvalue weighted by atomic mass is 31.2. The van der Waals surface area contributed by atoms with Crippen molar-refractivity contribution in [2.45, 2.75) is 180 Å². The summed E-state index contributed by atoms with van der Waals surface area (Å²) in [7, 11) is 1.53. The maximum absolute atomic E-state index is 12.8. The SMILES string of the molecule is C/C=C/CC/C=C/CC/C=C/C(O)C(COP(=O)(O)OCC[N+](C)(C)C)NC(=O)CCCCCCCCC/C=C\C/C=C\CCCCCCCCCCC. The lowest BCUT2D eigenvalue weighted by Crippen LogP contribution is -2.45. The van der Waals surface area contributed by atoms with E-state index >= 15 is 0 Å². The van der Waals surface area contributed by atoms with Crippen LogP contribution in [0.25, 0.3) is 0 Å². The summed E-state index contributed by atoms with van der Waals surface area (Å²) >= 11 is 0. The number of amides is 1. The van der Waals surface area contributed by atoms with Gasteiger partial charge in [-0.15, -0.1) is 0 Å². The van der Waals surface area contributed by atoms with Crippen molar-refractivity contribution >= 4 is 13.7 Å². The van der Waals surface area contributed by atoms with Crippen LogP contribution in [0.3, 0.4) is 0 Å². The molecule has 9 heteroatoms. The van der Waals surface area contributed by atoms with Crippen LogP contribution in [0.15, 0.2) is 60.8 Å². The number of aliphatic hydroxyl groups is 1. The van der Waals surface area contributed by atoms with E-state index in [0.29, 0.717) is 17.4 Å². The number of nitrogens with zero attached hydrogens (tertiary/aromatic N) is 1. The van der Waals surface area contributed by atoms with Crippen molar-refractivity contribution in [1.29, 1.82) is 0 Å². The van der Waals surface area contributed by atoms with E-state index in [1.165, 1.54) is 83.5 Å². The number of quaternary nitrogens is 1. The lowest BCUT2D eigenvalue weighted by atomic mass is 10.1. The molecule has 0 heterocycles. The van der Waals surface area contributed by atoms with E-state index in [0.717, 1.165) is 64.2 Å². The summed E-state index contributed by atoms with van der Waals surface area (Å²) in [4.78, 5) is 23.0. The number of likely N-dealkylation sites (N-methyl/N-ethyl adjacent to an activating group) is 1. The van der Waals surface area contributed by atoms with Crippen LogP contribution in [0.4, 0.5) is 0 Å². The molecule has 0 fully saturated rings. The molecule has 54 heavy (non-hydrogen) atoms. The highest BCUT2D eigenvalue weighted by Gasteiger charge is 2.27. The molecule has 0 aromatic carbocycles. The van der Waals surface area contributed by atoms with Gasteiger partial charge in [-0.25, -0.2) is 4.57 Å². The lowest BCUT2D eigenvalue weighted by molar-refractivity contribution is -0.870. The molecule has 0 rings (SSSR count). The lowest BCUT2D eigenvalue weighted by Gasteiger charge is -2.25. The Balaban J connectivity index is 4.29. The molecule has 0 aliphatic rings. The zero-order chi connectivity index (χ0) is 40.0. The average Bonchev–Trinajstić information content (AvgIpc) is 3.12. The summed E-state index contributed by atoms with van der Waals surface area (Å²) in [5, 5.41) is 13.7. The van der Waals surface area contributed by atoms with Crippen LogP contribution < -0.4 is 5.32 Å². The first kappa shape index (κ1) is 52.2. The van der Waals surface area contributed by atoms with Gasteiger partial charge in [-0.3, -0.25) is 13.8 Å². The fraction of sp³-hybridized carbons (Fsp3) is 0.756. The Morgan fingerprint density at radius 2 is 1.15 bits per heavy atom. The van der Waals surface area contributed by atoms with E-state index in [9.17, 15) is 19.4 Å². The molecule has 1 amide bonds. The molecule has 0 saturated carbocycles. The van der Waals surface area contributed by atoms with Gasteiger partial charge < -0.3 is 19.8 Å². The molecule has 314 valence electrons. The van der Waals surface area contributed by atoms with E-state index in [-0.39, 0.29) is 19.1 Å². The zero-order valence-corrected chi connectivity index (χ0v) is 36.3. The molecular formula is C45H84N2O6P+. The number of phosphoric acid groups is 1. The first-order valence-electron chi connectivity index (χ1n) is 21.6. The van der Waals surface area contributed by atoms with Crippen molar-refractivity contribution in [3.8, 4) is 0 Å². The smallest absolute Gasteiger partial charge is 0.387 e. The number of aliphatic hydroxyl groups excluding tert-OH is 1. The third-order valence-corrected chi connectivity index (χ3v) is 10.3. The van der Waals surface area contributed by atoms with Gasteiger partial charge in [-0.2, -0.15) is 0 Å². The Morgan fingerprint density at radius 1 is 0.667 bits per heavy atom. The average molecular weight is 780 g/mol. The number of hydrogen-bond donors (Lipinski definition) is 3. The number of phosphoric ester groups is 1. The summed E-state index contributed by atoms with van der Waals surface area (Å²) in [6.07, 6.45) is 47.5. The van der Waals surface area contributed by atoms with Crippen molar-refractivity contribution < 1.29 is 32.9 Å². The normalized spacial score (nSPS) is 15.0. The molecule has 0 saturated heterocycles. The maximum Gasteiger partial charge on any atom is 0.472 e. The minimum absolute atomic E-state index is 0.0490. The van der Waals surface area contributed by atoms with E-state index < -0.39 is 20.0 Å². The predicted octanol–water partition coefficient (Wildman–Crippen LogP) is 11.9. The Kier molecular flexibility index (Phi) is 35.6. The van der Waals surface area contributed by atoms with Gasteiger partial charge >= 0.3 is 7.82 Å². The molecule has 3 N–H and O–H groups in total. The second-order valence-electron chi connectivity index (χ2n) is 15.7. The van der Waals surface area contributed by atoms with Crippen molar-refractivity contribution in [1.82, 2.24) is 5.32 Å². The topological polar surface area (TPSA) is 105 Å². The highest BCUT2D eigenvalue weighted by molar-refractivity contribution is 7.47. The molecule has 0 aromatic rings. The van der Waals surface area contributed by atoms with E-state index in [2.05, 4.69) is 54.8 Å². The van der Waals surface area contributed by atoms with Gasteiger partial charge in [0.05, 0.1) is 39.9 Å². The summed E-state index contributed by atoms with van der Waals surface area (Å²) in [6.45, 7) is 4.52. The van der Waals surface area contributed by atoms with Crippen LogP contribution >= 0.6 is 7.82 Å². The largest absolute Gasteiger partial charge is 0.472 e. The number of rotatable bonds is 38. The third-order valence-electron chi connectivity index (χ3n) is 9.28. The molecule has 0 bridgehead atoms. The molecule has 8 nitrogen and oxygen atoms in total. The summed E-state index contributed by atoms with van der Waals surface area (Å²) in [6, 6.07) is -0.873. The summed E-state index contributed by atoms with van der Waals surface area (Å²) in [5.41, 5.74) is 0. The Bertz CT molecular complexity index is 1060. The van der Waals surface area contributed by atoms with Crippen molar-refractivity contribution in [3.05, 3.63) is 60.8 Å². The number of nitrogens with one attached hydrogen (secondary N) is 1. The fourth-order valence-electron chi connectivity index (χ4n) is 5.81. The molecule has 3 unspecified atom stereocenters. The minimum Gasteiger partial charge on any atom is -0.387 e. The number of carbonyl (C=O) groups is 1. The maximum atomic E-state index is 12.8. The number of carbonyl (C=O) groups excluding carboxylic acids is 1. The first-order valence-corrected chi connectivity index (χ1v) is 23.1. The number of allylic oxidation sites excluding steroid dienone is 9. The molecular weight excluding hydrogens is 695 g/mol. The molecule has 0 aliphatic carbocycles. The fourth-order valence-corrected chi connectivity index (χ4v) is 6.55. The molecule has 3 atom stereocenters. The third kappa shape index (κ3) is 38.5. The molecule has 0 aromatic heterocycles. The van der Waals surface area contributed by atoms with Gasteiger partial charge in [0.25, 0.3) is 0 Å². The quantitative estimate of drug-likeness (QED) is 0.0249. The van der Waals surface area contributed by atoms with Gasteiger partial charge in [0.2, 0.25) is 5.91 Å². The zero-order valence-electron chi connectivity index (χ0n) is 35.4. The second-order valence-corrected chi connectivity index (χ2v) is 17.2. The van der Waals surface area contributed by atoms with Crippen LogP contribution in [0.1, 0.15) is 168 Å². The van der Waals surface area contributed by atoms with Crippen LogP contribution in [0.2, 0.25) is 0 Å². The Hall–Kier alpha value is -1.80. The van der Waals surface area contributed by atoms with Crippen LogP contribution in [0, 0.1) is 0 Å². The summed E-state index contributed by atoms with van der Waals surface area (Å²) < 4.78 is 23.4. The van der Waals surface area contributed by atoms with Crippen LogP contribution in [0.5, 0.6) is 0 Å². The minimum atomic E-state index is -4.35. The van der Waals surface area contributed by atoms with E-state index in [1.807, 2.05) is 40.2 Å². The van der Waals surface area contributed by atoms with Crippen molar-refractivity contribution in [3.63, 3.8) is 0 Å². The van der Waals surface area contributed by atoms with Gasteiger partial charge in [0.15, 0.2) is 0 Å². The van der Waals surface area contributed by atoms with Crippen molar-refractivity contribution in [2.75, 3.05) is 40.9 Å². The number of hydrogen-bond acceptors (Lipinski definition) is 5. The Morgan fingerprint density at radius 3 is 1.69 bits per heavy atom. The standard InChI is InChI=1S/C45H83N2O6P/c1-6-8-10-12-14-16-17-18-19-20-21-22-23-24-25-26-27-28-29-31-33-35-37-39-45(49)46-43(42-53-54(50,51)52-41-40-47(3,4)5)44(48)38-36-34-32-30-15-13-11-9-7-2/h7,9,15,21-22,24-25,30,36,38,43-44,48H,6,8,10-14,16-20,23,26-29,31-35,37,39-42H2,1-5H3,(H-,46,49,50,51)/p+1/b9-7+,22-21-,25-24-,30-15+,38-36+. The second kappa shape index (κ2) is 36.8. The Labute approximate surface area is 332 Å². The highest BCUT2D eigenvalue weighted by Crippen LogP contribution is 2.43. The molecule has 0 radical (unpaired) electrons. The van der Waals surface area contributed by atoms with E-state index in [1.54, 1.807) is 6.08 Å². The van der Waals surface area contributed by atoms with E-state index in [4.69, 9.17) is 9.05 Å². The van der Waals surface area contributed by atoms with Gasteiger partial charge in [-0.1, -0.05) is 151 Å². The van der Waals surface area contributed by atoms with Gasteiger partial charge in [-0.05, 0) is 71.1 Å².